The highest BCUT2D eigenvalue weighted by atomic mass is 32.1. The molecule has 1 aromatic heterocycles. The Balaban J connectivity index is 0.000000659. The molecule has 2 heterocycles. The van der Waals surface area contributed by atoms with Crippen LogP contribution in [-0.2, 0) is 6.42 Å². The maximum Gasteiger partial charge on any atom is 0.0110 e. The lowest BCUT2D eigenvalue weighted by Gasteiger charge is -2.32. The molecule has 106 valence electrons. The molecule has 1 aromatic rings. The summed E-state index contributed by atoms with van der Waals surface area (Å²) in [6.45, 7) is 14.2. The maximum atomic E-state index is 2.57. The summed E-state index contributed by atoms with van der Waals surface area (Å²) in [6.07, 6.45) is 1.22. The van der Waals surface area contributed by atoms with Crippen molar-refractivity contribution >= 4 is 11.3 Å². The molecule has 1 saturated heterocycles. The van der Waals surface area contributed by atoms with Gasteiger partial charge in [0, 0.05) is 37.6 Å². The van der Waals surface area contributed by atoms with Gasteiger partial charge in [0.2, 0.25) is 0 Å². The predicted molar refractivity (Wildman–Crippen MR) is 84.7 cm³/mol. The van der Waals surface area contributed by atoms with Gasteiger partial charge in [-0.1, -0.05) is 33.8 Å². The van der Waals surface area contributed by atoms with Crippen LogP contribution in [0, 0.1) is 0 Å². The topological polar surface area (TPSA) is 6.48 Å². The molecular formula is C15H30N2S. The molecule has 0 aliphatic carbocycles. The fourth-order valence-electron chi connectivity index (χ4n) is 1.79. The van der Waals surface area contributed by atoms with E-state index in [1.165, 1.54) is 44.0 Å². The van der Waals surface area contributed by atoms with Crippen LogP contribution in [0.2, 0.25) is 0 Å². The van der Waals surface area contributed by atoms with Crippen LogP contribution in [0.3, 0.4) is 0 Å². The van der Waals surface area contributed by atoms with Gasteiger partial charge in [0.1, 0.15) is 0 Å². The quantitative estimate of drug-likeness (QED) is 0.828. The van der Waals surface area contributed by atoms with Crippen LogP contribution in [0.25, 0.3) is 0 Å². The van der Waals surface area contributed by atoms with E-state index < -0.39 is 0 Å². The minimum Gasteiger partial charge on any atom is -0.304 e. The number of thiophene rings is 1. The van der Waals surface area contributed by atoms with E-state index in [2.05, 4.69) is 34.4 Å². The lowest BCUT2D eigenvalue weighted by atomic mass is 10.3. The monoisotopic (exact) mass is 270 g/mol. The number of hydrogen-bond donors (Lipinski definition) is 0. The molecule has 0 N–H and O–H groups in total. The molecule has 3 heteroatoms. The highest BCUT2D eigenvalue weighted by Crippen LogP contribution is 2.10. The summed E-state index contributed by atoms with van der Waals surface area (Å²) in [6, 6.07) is 4.38. The molecule has 0 unspecified atom stereocenters. The van der Waals surface area contributed by atoms with Crippen molar-refractivity contribution in [2.75, 3.05) is 39.8 Å². The van der Waals surface area contributed by atoms with E-state index in [0.717, 1.165) is 0 Å². The highest BCUT2D eigenvalue weighted by Gasteiger charge is 2.12. The zero-order valence-corrected chi connectivity index (χ0v) is 13.6. The van der Waals surface area contributed by atoms with E-state index in [9.17, 15) is 0 Å². The molecule has 1 fully saturated rings. The van der Waals surface area contributed by atoms with Crippen molar-refractivity contribution < 1.29 is 0 Å². The molecule has 18 heavy (non-hydrogen) atoms. The second kappa shape index (κ2) is 11.7. The van der Waals surface area contributed by atoms with E-state index in [1.54, 1.807) is 0 Å². The van der Waals surface area contributed by atoms with E-state index >= 15 is 0 Å². The molecule has 1 aliphatic heterocycles. The van der Waals surface area contributed by atoms with Crippen LogP contribution >= 0.6 is 11.3 Å². The van der Waals surface area contributed by atoms with Crippen LogP contribution in [0.15, 0.2) is 17.5 Å². The van der Waals surface area contributed by atoms with E-state index in [4.69, 9.17) is 0 Å². The Morgan fingerprint density at radius 1 is 1.06 bits per heavy atom. The number of rotatable bonds is 3. The van der Waals surface area contributed by atoms with Gasteiger partial charge in [-0.05, 0) is 24.9 Å². The van der Waals surface area contributed by atoms with Crippen LogP contribution < -0.4 is 0 Å². The smallest absolute Gasteiger partial charge is 0.0110 e. The van der Waals surface area contributed by atoms with E-state index in [0.29, 0.717) is 0 Å². The van der Waals surface area contributed by atoms with Crippen molar-refractivity contribution in [1.29, 1.82) is 0 Å². The molecular weight excluding hydrogens is 240 g/mol. The Kier molecular flexibility index (Phi) is 11.4. The first-order valence-corrected chi connectivity index (χ1v) is 8.16. The van der Waals surface area contributed by atoms with Gasteiger partial charge in [-0.3, -0.25) is 0 Å². The number of nitrogens with zero attached hydrogens (tertiary/aromatic N) is 2. The Morgan fingerprint density at radius 3 is 2.17 bits per heavy atom. The Hall–Kier alpha value is -0.380. The third-order valence-electron chi connectivity index (χ3n) is 2.85. The van der Waals surface area contributed by atoms with Gasteiger partial charge in [0.15, 0.2) is 0 Å². The molecule has 1 aliphatic rings. The Morgan fingerprint density at radius 2 is 1.67 bits per heavy atom. The molecule has 0 saturated carbocycles. The van der Waals surface area contributed by atoms with Crippen molar-refractivity contribution in [3.8, 4) is 0 Å². The van der Waals surface area contributed by atoms with Crippen molar-refractivity contribution in [2.45, 2.75) is 34.1 Å². The third-order valence-corrected chi connectivity index (χ3v) is 3.79. The highest BCUT2D eigenvalue weighted by molar-refractivity contribution is 7.09. The Labute approximate surface area is 118 Å². The largest absolute Gasteiger partial charge is 0.304 e. The van der Waals surface area contributed by atoms with Crippen molar-refractivity contribution in [3.63, 3.8) is 0 Å². The average molecular weight is 270 g/mol. The van der Waals surface area contributed by atoms with Gasteiger partial charge in [-0.2, -0.15) is 0 Å². The zero-order valence-electron chi connectivity index (χ0n) is 12.8. The second-order valence-corrected chi connectivity index (χ2v) is 5.01. The first kappa shape index (κ1) is 17.6. The van der Waals surface area contributed by atoms with Crippen molar-refractivity contribution in [1.82, 2.24) is 9.80 Å². The minimum absolute atomic E-state index is 1.22. The van der Waals surface area contributed by atoms with Gasteiger partial charge in [0.05, 0.1) is 0 Å². The van der Waals surface area contributed by atoms with Crippen LogP contribution in [0.4, 0.5) is 0 Å². The molecule has 0 atom stereocenters. The third kappa shape index (κ3) is 7.14. The van der Waals surface area contributed by atoms with Crippen LogP contribution in [0.5, 0.6) is 0 Å². The SMILES string of the molecule is CC.CC.CN1CCN(CCc2cccs2)CC1. The molecule has 2 nitrogen and oxygen atoms in total. The fourth-order valence-corrected chi connectivity index (χ4v) is 2.49. The van der Waals surface area contributed by atoms with Gasteiger partial charge in [-0.15, -0.1) is 11.3 Å². The maximum absolute atomic E-state index is 2.57. The first-order valence-electron chi connectivity index (χ1n) is 7.28. The fraction of sp³-hybridized carbons (Fsp3) is 0.733. The summed E-state index contributed by atoms with van der Waals surface area (Å²) < 4.78 is 0. The van der Waals surface area contributed by atoms with Gasteiger partial charge < -0.3 is 9.80 Å². The van der Waals surface area contributed by atoms with Gasteiger partial charge in [0.25, 0.3) is 0 Å². The number of hydrogen-bond acceptors (Lipinski definition) is 3. The van der Waals surface area contributed by atoms with Crippen molar-refractivity contribution in [3.05, 3.63) is 22.4 Å². The summed E-state index contributed by atoms with van der Waals surface area (Å²) >= 11 is 1.87. The summed E-state index contributed by atoms with van der Waals surface area (Å²) in [5.41, 5.74) is 0. The lowest BCUT2D eigenvalue weighted by molar-refractivity contribution is 0.156. The summed E-state index contributed by atoms with van der Waals surface area (Å²) in [4.78, 5) is 6.49. The standard InChI is InChI=1S/C11H18N2S.2C2H6/c1-12-6-8-13(9-7-12)5-4-11-3-2-10-14-11;2*1-2/h2-3,10H,4-9H2,1H3;2*1-2H3. The van der Waals surface area contributed by atoms with Crippen LogP contribution in [-0.4, -0.2) is 49.6 Å². The average Bonchev–Trinajstić information content (AvgIpc) is 2.96. The number of likely N-dealkylation sites (N-methyl/N-ethyl adjacent to an activating group) is 1. The Bertz CT molecular complexity index is 251. The minimum atomic E-state index is 1.22. The van der Waals surface area contributed by atoms with Crippen molar-refractivity contribution in [2.24, 2.45) is 0 Å². The molecule has 0 aromatic carbocycles. The lowest BCUT2D eigenvalue weighted by Crippen LogP contribution is -2.45. The molecule has 0 amide bonds. The second-order valence-electron chi connectivity index (χ2n) is 3.97. The molecule has 0 bridgehead atoms. The van der Waals surface area contributed by atoms with E-state index in [-0.39, 0.29) is 0 Å². The predicted octanol–water partition coefficient (Wildman–Crippen LogP) is 3.59. The number of piperazine rings is 1. The summed E-state index contributed by atoms with van der Waals surface area (Å²) in [5, 5.41) is 2.17. The van der Waals surface area contributed by atoms with Gasteiger partial charge >= 0.3 is 0 Å². The van der Waals surface area contributed by atoms with E-state index in [1.807, 2.05) is 39.0 Å². The summed E-state index contributed by atoms with van der Waals surface area (Å²) in [7, 11) is 2.20. The molecule has 0 spiro atoms. The molecule has 0 radical (unpaired) electrons. The molecule has 2 rings (SSSR count). The van der Waals surface area contributed by atoms with Crippen LogP contribution in [0.1, 0.15) is 32.6 Å². The van der Waals surface area contributed by atoms with Gasteiger partial charge in [-0.25, -0.2) is 0 Å². The normalized spacial score (nSPS) is 16.3. The first-order chi connectivity index (χ1) is 8.84. The zero-order chi connectivity index (χ0) is 13.8. The summed E-state index contributed by atoms with van der Waals surface area (Å²) in [5.74, 6) is 0.